The Morgan fingerprint density at radius 3 is 3.14 bits per heavy atom. The number of piperidine rings is 1. The van der Waals surface area contributed by atoms with Gasteiger partial charge in [-0.1, -0.05) is 16.1 Å². The molecule has 1 saturated heterocycles. The van der Waals surface area contributed by atoms with E-state index in [1.54, 1.807) is 30.3 Å². The summed E-state index contributed by atoms with van der Waals surface area (Å²) in [5, 5.41) is 4.38. The predicted octanol–water partition coefficient (Wildman–Crippen LogP) is 2.58. The van der Waals surface area contributed by atoms with E-state index in [0.717, 1.165) is 30.9 Å². The molecule has 1 fully saturated rings. The zero-order valence-corrected chi connectivity index (χ0v) is 13.6. The summed E-state index contributed by atoms with van der Waals surface area (Å²) in [6, 6.07) is 1.74. The molecule has 116 valence electrons. The Morgan fingerprint density at radius 2 is 2.41 bits per heavy atom. The van der Waals surface area contributed by atoms with Crippen molar-refractivity contribution >= 4 is 29.0 Å². The molecule has 0 aliphatic carbocycles. The van der Waals surface area contributed by atoms with Gasteiger partial charge in [0.25, 0.3) is 5.91 Å². The van der Waals surface area contributed by atoms with Gasteiger partial charge in [-0.2, -0.15) is 0 Å². The third-order valence-electron chi connectivity index (χ3n) is 3.54. The van der Waals surface area contributed by atoms with E-state index in [9.17, 15) is 4.79 Å². The van der Waals surface area contributed by atoms with Gasteiger partial charge in [0.15, 0.2) is 0 Å². The molecule has 22 heavy (non-hydrogen) atoms. The molecule has 0 aromatic carbocycles. The highest BCUT2D eigenvalue weighted by molar-refractivity contribution is 7.07. The number of carbonyl (C=O) groups excluding carboxylic acids is 1. The van der Waals surface area contributed by atoms with E-state index in [0.29, 0.717) is 27.9 Å². The Hall–Kier alpha value is -1.73. The van der Waals surface area contributed by atoms with Crippen LogP contribution < -0.4 is 4.74 Å². The van der Waals surface area contributed by atoms with Gasteiger partial charge >= 0.3 is 0 Å². The molecule has 0 radical (unpaired) electrons. The van der Waals surface area contributed by atoms with Crippen LogP contribution in [0.25, 0.3) is 0 Å². The van der Waals surface area contributed by atoms with Crippen molar-refractivity contribution in [2.24, 2.45) is 0 Å². The highest BCUT2D eigenvalue weighted by Crippen LogP contribution is 2.26. The first kappa shape index (κ1) is 15.2. The van der Waals surface area contributed by atoms with E-state index < -0.39 is 0 Å². The summed E-state index contributed by atoms with van der Waals surface area (Å²) < 4.78 is 9.74. The number of pyridine rings is 1. The number of aromatic nitrogens is 3. The van der Waals surface area contributed by atoms with E-state index in [2.05, 4.69) is 14.6 Å². The van der Waals surface area contributed by atoms with Gasteiger partial charge in [0, 0.05) is 25.0 Å². The van der Waals surface area contributed by atoms with Crippen molar-refractivity contribution in [3.63, 3.8) is 0 Å². The average Bonchev–Trinajstić information content (AvgIpc) is 2.95. The Balaban J connectivity index is 1.68. The Bertz CT molecular complexity index is 678. The lowest BCUT2D eigenvalue weighted by molar-refractivity contribution is 0.0541. The molecular formula is C14H15ClN4O2S. The molecule has 8 heteroatoms. The average molecular weight is 339 g/mol. The molecule has 1 amide bonds. The second-order valence-electron chi connectivity index (χ2n) is 5.13. The largest absolute Gasteiger partial charge is 0.487 e. The Labute approximate surface area is 137 Å². The third-order valence-corrected chi connectivity index (χ3v) is 4.64. The van der Waals surface area contributed by atoms with Crippen molar-refractivity contribution in [1.82, 2.24) is 19.5 Å². The lowest BCUT2D eigenvalue weighted by atomic mass is 10.1. The Morgan fingerprint density at radius 1 is 1.55 bits per heavy atom. The highest BCUT2D eigenvalue weighted by Gasteiger charge is 2.28. The fraction of sp³-hybridized carbons (Fsp3) is 0.429. The van der Waals surface area contributed by atoms with Crippen LogP contribution >= 0.6 is 23.1 Å². The zero-order valence-electron chi connectivity index (χ0n) is 12.0. The molecule has 0 N–H and O–H groups in total. The predicted molar refractivity (Wildman–Crippen MR) is 83.4 cm³/mol. The van der Waals surface area contributed by atoms with Gasteiger partial charge in [0.2, 0.25) is 0 Å². The minimum Gasteiger partial charge on any atom is -0.487 e. The number of rotatable bonds is 3. The highest BCUT2D eigenvalue weighted by atomic mass is 35.5. The first-order chi connectivity index (χ1) is 10.6. The molecule has 2 aromatic rings. The number of hydrogen-bond acceptors (Lipinski definition) is 6. The molecule has 1 aliphatic rings. The maximum Gasteiger partial charge on any atom is 0.267 e. The number of likely N-dealkylation sites (tertiary alicyclic amines) is 1. The number of nitrogens with zero attached hydrogens (tertiary/aromatic N) is 4. The second-order valence-corrected chi connectivity index (χ2v) is 6.29. The van der Waals surface area contributed by atoms with Crippen LogP contribution in [0, 0.1) is 6.92 Å². The lowest BCUT2D eigenvalue weighted by Gasteiger charge is -2.32. The van der Waals surface area contributed by atoms with Crippen LogP contribution in [0.4, 0.5) is 0 Å². The van der Waals surface area contributed by atoms with Crippen LogP contribution in [0.15, 0.2) is 18.5 Å². The molecule has 0 saturated carbocycles. The smallest absolute Gasteiger partial charge is 0.267 e. The normalized spacial score (nSPS) is 18.3. The van der Waals surface area contributed by atoms with Gasteiger partial charge < -0.3 is 9.64 Å². The summed E-state index contributed by atoms with van der Waals surface area (Å²) in [6.45, 7) is 3.06. The van der Waals surface area contributed by atoms with Crippen molar-refractivity contribution in [2.45, 2.75) is 25.9 Å². The van der Waals surface area contributed by atoms with Gasteiger partial charge in [0.05, 0.1) is 12.2 Å². The van der Waals surface area contributed by atoms with Gasteiger partial charge in [0.1, 0.15) is 21.8 Å². The molecule has 3 heterocycles. The topological polar surface area (TPSA) is 68.2 Å². The molecule has 1 aliphatic heterocycles. The minimum atomic E-state index is -0.0706. The third kappa shape index (κ3) is 3.20. The lowest BCUT2D eigenvalue weighted by Crippen LogP contribution is -2.44. The quantitative estimate of drug-likeness (QED) is 0.860. The van der Waals surface area contributed by atoms with Crippen molar-refractivity contribution in [2.75, 3.05) is 13.1 Å². The van der Waals surface area contributed by atoms with Crippen LogP contribution in [0.1, 0.15) is 28.2 Å². The summed E-state index contributed by atoms with van der Waals surface area (Å²) >= 11 is 7.20. The summed E-state index contributed by atoms with van der Waals surface area (Å²) in [5.74, 6) is 0.577. The minimum absolute atomic E-state index is 0.0263. The number of hydrogen-bond donors (Lipinski definition) is 0. The van der Waals surface area contributed by atoms with Crippen LogP contribution in [0.5, 0.6) is 5.75 Å². The van der Waals surface area contributed by atoms with Crippen LogP contribution in [0.2, 0.25) is 5.02 Å². The van der Waals surface area contributed by atoms with Crippen molar-refractivity contribution in [3.05, 3.63) is 34.1 Å². The molecule has 1 atom stereocenters. The maximum atomic E-state index is 12.5. The van der Waals surface area contributed by atoms with Crippen molar-refractivity contribution in [1.29, 1.82) is 0 Å². The fourth-order valence-corrected chi connectivity index (χ4v) is 3.22. The van der Waals surface area contributed by atoms with Gasteiger partial charge in [-0.05, 0) is 31.3 Å². The standard InChI is InChI=1S/C14H15ClN4O2S/c1-9-13(22-18-17-9)14(20)19-6-2-3-10(8-19)21-12-4-5-16-7-11(12)15/h4-5,7,10H,2-3,6,8H2,1H3. The van der Waals surface area contributed by atoms with E-state index in [-0.39, 0.29) is 12.0 Å². The first-order valence-electron chi connectivity index (χ1n) is 6.99. The molecule has 0 bridgehead atoms. The molecule has 2 aromatic heterocycles. The van der Waals surface area contributed by atoms with E-state index in [1.165, 1.54) is 0 Å². The van der Waals surface area contributed by atoms with Crippen LogP contribution in [-0.4, -0.2) is 44.6 Å². The number of aryl methyl sites for hydroxylation is 1. The first-order valence-corrected chi connectivity index (χ1v) is 8.14. The molecule has 6 nitrogen and oxygen atoms in total. The Kier molecular flexibility index (Phi) is 4.54. The number of ether oxygens (including phenoxy) is 1. The monoisotopic (exact) mass is 338 g/mol. The van der Waals surface area contributed by atoms with E-state index in [4.69, 9.17) is 16.3 Å². The summed E-state index contributed by atoms with van der Waals surface area (Å²) in [7, 11) is 0. The molecule has 1 unspecified atom stereocenters. The molecular weight excluding hydrogens is 324 g/mol. The maximum absolute atomic E-state index is 12.5. The van der Waals surface area contributed by atoms with Crippen LogP contribution in [-0.2, 0) is 0 Å². The van der Waals surface area contributed by atoms with Gasteiger partial charge in [-0.15, -0.1) is 5.10 Å². The summed E-state index contributed by atoms with van der Waals surface area (Å²) in [5.41, 5.74) is 0.676. The molecule has 3 rings (SSSR count). The number of carbonyl (C=O) groups is 1. The summed E-state index contributed by atoms with van der Waals surface area (Å²) in [6.07, 6.45) is 4.90. The zero-order chi connectivity index (χ0) is 15.5. The van der Waals surface area contributed by atoms with Gasteiger partial charge in [-0.3, -0.25) is 9.78 Å². The van der Waals surface area contributed by atoms with Crippen LogP contribution in [0.3, 0.4) is 0 Å². The second kappa shape index (κ2) is 6.58. The summed E-state index contributed by atoms with van der Waals surface area (Å²) in [4.78, 5) is 18.8. The van der Waals surface area contributed by atoms with Crippen molar-refractivity contribution < 1.29 is 9.53 Å². The number of halogens is 1. The van der Waals surface area contributed by atoms with Crippen molar-refractivity contribution in [3.8, 4) is 5.75 Å². The number of amides is 1. The van der Waals surface area contributed by atoms with E-state index >= 15 is 0 Å². The fourth-order valence-electron chi connectivity index (χ4n) is 2.43. The van der Waals surface area contributed by atoms with E-state index in [1.807, 2.05) is 0 Å². The SMILES string of the molecule is Cc1nnsc1C(=O)N1CCCC(Oc2ccncc2Cl)C1. The van der Waals surface area contributed by atoms with Gasteiger partial charge in [-0.25, -0.2) is 0 Å². The molecule has 0 spiro atoms.